The van der Waals surface area contributed by atoms with Gasteiger partial charge in [0, 0.05) is 6.61 Å². The van der Waals surface area contributed by atoms with Crippen LogP contribution in [0.1, 0.15) is 58.3 Å². The van der Waals surface area contributed by atoms with Crippen LogP contribution < -0.4 is 0 Å². The van der Waals surface area contributed by atoms with Crippen LogP contribution in [-0.4, -0.2) is 11.7 Å². The number of hydrogen-bond donors (Lipinski definition) is 1. The van der Waals surface area contributed by atoms with E-state index < -0.39 is 0 Å². The summed E-state index contributed by atoms with van der Waals surface area (Å²) in [6, 6.07) is 0. The summed E-state index contributed by atoms with van der Waals surface area (Å²) < 4.78 is 0. The Morgan fingerprint density at radius 2 is 0.870 bits per heavy atom. The molecule has 0 saturated heterocycles. The fraction of sp³-hybridized carbons (Fsp3) is 0.455. The number of aliphatic hydroxyl groups excluding tert-OH is 1. The first kappa shape index (κ1) is 21.4. The zero-order chi connectivity index (χ0) is 16.8. The van der Waals surface area contributed by atoms with Crippen LogP contribution in [-0.2, 0) is 0 Å². The van der Waals surface area contributed by atoms with Crippen molar-refractivity contribution in [2.75, 3.05) is 6.61 Å². The van der Waals surface area contributed by atoms with Gasteiger partial charge in [-0.3, -0.25) is 0 Å². The minimum atomic E-state index is 0.284. The third kappa shape index (κ3) is 20.4. The van der Waals surface area contributed by atoms with Crippen LogP contribution in [0.3, 0.4) is 0 Å². The molecule has 0 saturated carbocycles. The molecular weight excluding hydrogens is 280 g/mol. The zero-order valence-corrected chi connectivity index (χ0v) is 14.7. The molecule has 0 aliphatic heterocycles. The van der Waals surface area contributed by atoms with Crippen LogP contribution >= 0.6 is 0 Å². The highest BCUT2D eigenvalue weighted by Crippen LogP contribution is 1.97. The second kappa shape index (κ2) is 20.4. The zero-order valence-electron chi connectivity index (χ0n) is 14.7. The van der Waals surface area contributed by atoms with Crippen molar-refractivity contribution in [3.63, 3.8) is 0 Å². The van der Waals surface area contributed by atoms with Gasteiger partial charge in [0.25, 0.3) is 0 Å². The summed E-state index contributed by atoms with van der Waals surface area (Å²) >= 11 is 0. The Morgan fingerprint density at radius 3 is 1.22 bits per heavy atom. The van der Waals surface area contributed by atoms with E-state index in [1.54, 1.807) is 0 Å². The molecule has 0 aromatic rings. The summed E-state index contributed by atoms with van der Waals surface area (Å²) in [5, 5.41) is 8.64. The molecule has 0 aromatic carbocycles. The maximum atomic E-state index is 8.64. The molecule has 0 aliphatic carbocycles. The van der Waals surface area contributed by atoms with Gasteiger partial charge < -0.3 is 5.11 Å². The molecule has 0 aromatic heterocycles. The minimum Gasteiger partial charge on any atom is -0.396 e. The maximum Gasteiger partial charge on any atom is 0.0433 e. The van der Waals surface area contributed by atoms with E-state index in [9.17, 15) is 0 Å². The first-order valence-corrected chi connectivity index (χ1v) is 8.92. The highest BCUT2D eigenvalue weighted by molar-refractivity contribution is 5.01. The van der Waals surface area contributed by atoms with E-state index in [1.807, 2.05) is 0 Å². The van der Waals surface area contributed by atoms with Crippen LogP contribution in [0.25, 0.3) is 0 Å². The number of rotatable bonds is 14. The summed E-state index contributed by atoms with van der Waals surface area (Å²) in [6.07, 6.45) is 34.4. The normalized spacial score (nSPS) is 13.3. The minimum absolute atomic E-state index is 0.284. The predicted molar refractivity (Wildman–Crippen MR) is 105 cm³/mol. The second-order valence-electron chi connectivity index (χ2n) is 5.28. The van der Waals surface area contributed by atoms with Crippen molar-refractivity contribution in [2.24, 2.45) is 0 Å². The molecule has 23 heavy (non-hydrogen) atoms. The molecule has 0 aliphatic rings. The Labute approximate surface area is 143 Å². The molecular formula is C22H34O. The van der Waals surface area contributed by atoms with Gasteiger partial charge in [-0.2, -0.15) is 0 Å². The van der Waals surface area contributed by atoms with E-state index in [0.717, 1.165) is 51.4 Å². The molecule has 1 nitrogen and oxygen atoms in total. The van der Waals surface area contributed by atoms with Crippen molar-refractivity contribution in [2.45, 2.75) is 58.3 Å². The molecule has 0 spiro atoms. The molecule has 0 atom stereocenters. The highest BCUT2D eigenvalue weighted by atomic mass is 16.2. The van der Waals surface area contributed by atoms with E-state index in [2.05, 4.69) is 79.8 Å². The number of aliphatic hydroxyl groups is 1. The molecule has 1 heteroatoms. The van der Waals surface area contributed by atoms with Crippen molar-refractivity contribution in [3.8, 4) is 0 Å². The maximum absolute atomic E-state index is 8.64. The largest absolute Gasteiger partial charge is 0.396 e. The Hall–Kier alpha value is -1.60. The number of hydrogen-bond acceptors (Lipinski definition) is 1. The second-order valence-corrected chi connectivity index (χ2v) is 5.28. The van der Waals surface area contributed by atoms with E-state index >= 15 is 0 Å². The van der Waals surface area contributed by atoms with Crippen molar-refractivity contribution in [1.29, 1.82) is 0 Å². The Bertz CT molecular complexity index is 394. The third-order valence-electron chi connectivity index (χ3n) is 3.13. The average molecular weight is 315 g/mol. The molecule has 0 unspecified atom stereocenters. The van der Waals surface area contributed by atoms with Gasteiger partial charge in [-0.1, -0.05) is 79.8 Å². The van der Waals surface area contributed by atoms with Crippen molar-refractivity contribution in [1.82, 2.24) is 0 Å². The summed E-state index contributed by atoms with van der Waals surface area (Å²) in [4.78, 5) is 0. The molecule has 0 heterocycles. The lowest BCUT2D eigenvalue weighted by molar-refractivity contribution is 0.289. The summed E-state index contributed by atoms with van der Waals surface area (Å²) in [7, 11) is 0. The van der Waals surface area contributed by atoms with Crippen molar-refractivity contribution in [3.05, 3.63) is 72.9 Å². The summed E-state index contributed by atoms with van der Waals surface area (Å²) in [5.74, 6) is 0. The van der Waals surface area contributed by atoms with Crippen LogP contribution in [0.15, 0.2) is 72.9 Å². The summed E-state index contributed by atoms with van der Waals surface area (Å²) in [6.45, 7) is 2.44. The smallest absolute Gasteiger partial charge is 0.0433 e. The van der Waals surface area contributed by atoms with Gasteiger partial charge in [0.05, 0.1) is 0 Å². The Balaban J connectivity index is 3.47. The monoisotopic (exact) mass is 314 g/mol. The van der Waals surface area contributed by atoms with Crippen LogP contribution in [0.5, 0.6) is 0 Å². The van der Waals surface area contributed by atoms with E-state index in [0.29, 0.717) is 0 Å². The van der Waals surface area contributed by atoms with Gasteiger partial charge in [-0.25, -0.2) is 0 Å². The topological polar surface area (TPSA) is 20.2 Å². The fourth-order valence-corrected chi connectivity index (χ4v) is 1.85. The van der Waals surface area contributed by atoms with Gasteiger partial charge in [-0.15, -0.1) is 0 Å². The first-order chi connectivity index (χ1) is 11.4. The third-order valence-corrected chi connectivity index (χ3v) is 3.13. The van der Waals surface area contributed by atoms with Crippen molar-refractivity contribution < 1.29 is 5.11 Å². The summed E-state index contributed by atoms with van der Waals surface area (Å²) in [5.41, 5.74) is 0. The molecule has 0 rings (SSSR count). The quantitative estimate of drug-likeness (QED) is 0.288. The lowest BCUT2D eigenvalue weighted by Crippen LogP contribution is -1.77. The molecule has 0 amide bonds. The van der Waals surface area contributed by atoms with Crippen LogP contribution in [0.2, 0.25) is 0 Å². The lowest BCUT2D eigenvalue weighted by Gasteiger charge is -1.87. The van der Waals surface area contributed by atoms with Gasteiger partial charge in [0.1, 0.15) is 0 Å². The van der Waals surface area contributed by atoms with Crippen molar-refractivity contribution >= 4 is 0 Å². The van der Waals surface area contributed by atoms with Gasteiger partial charge in [0.15, 0.2) is 0 Å². The molecule has 0 radical (unpaired) electrons. The number of unbranched alkanes of at least 4 members (excludes halogenated alkanes) is 1. The van der Waals surface area contributed by atoms with Crippen LogP contribution in [0.4, 0.5) is 0 Å². The van der Waals surface area contributed by atoms with Crippen LogP contribution in [0, 0.1) is 0 Å². The van der Waals surface area contributed by atoms with E-state index in [4.69, 9.17) is 5.11 Å². The SMILES string of the molecule is CC/C=C/C/C=C/C/C=C/C/C=C/C/C=C/C/C=C/CCCO. The molecule has 0 fully saturated rings. The van der Waals surface area contributed by atoms with Gasteiger partial charge in [-0.05, 0) is 51.4 Å². The molecule has 0 bridgehead atoms. The lowest BCUT2D eigenvalue weighted by atomic mass is 10.2. The molecule has 1 N–H and O–H groups in total. The van der Waals surface area contributed by atoms with Gasteiger partial charge >= 0.3 is 0 Å². The standard InChI is InChI=1S/C22H34O/c1-2-3-4-5-6-7-8-9-10-11-12-13-14-15-16-17-18-19-20-21-22-23/h3-4,6-7,9-10,12-13,15-16,18-19,23H,2,5,8,11,14,17,20-22H2,1H3/b4-3+,7-6+,10-9+,13-12+,16-15+,19-18+. The number of allylic oxidation sites excluding steroid dienone is 12. The predicted octanol–water partition coefficient (Wildman–Crippen LogP) is 6.46. The molecule has 128 valence electrons. The van der Waals surface area contributed by atoms with E-state index in [-0.39, 0.29) is 6.61 Å². The average Bonchev–Trinajstić information content (AvgIpc) is 2.57. The highest BCUT2D eigenvalue weighted by Gasteiger charge is 1.78. The first-order valence-electron chi connectivity index (χ1n) is 8.92. The van der Waals surface area contributed by atoms with Gasteiger partial charge in [0.2, 0.25) is 0 Å². The van der Waals surface area contributed by atoms with E-state index in [1.165, 1.54) is 0 Å². The Morgan fingerprint density at radius 1 is 0.522 bits per heavy atom. The Kier molecular flexibility index (Phi) is 19.0. The fourth-order valence-electron chi connectivity index (χ4n) is 1.85.